The van der Waals surface area contributed by atoms with Crippen LogP contribution in [0.3, 0.4) is 0 Å². The molecule has 0 unspecified atom stereocenters. The Kier molecular flexibility index (Phi) is 2.29. The van der Waals surface area contributed by atoms with Crippen LogP contribution >= 0.6 is 0 Å². The number of hydrogen-bond acceptors (Lipinski definition) is 3. The van der Waals surface area contributed by atoms with E-state index >= 15 is 0 Å². The van der Waals surface area contributed by atoms with Gasteiger partial charge in [0.15, 0.2) is 11.6 Å². The van der Waals surface area contributed by atoms with Crippen molar-refractivity contribution in [3.05, 3.63) is 29.6 Å². The maximum atomic E-state index is 13.2. The highest BCUT2D eigenvalue weighted by atomic mass is 19.1. The van der Waals surface area contributed by atoms with Gasteiger partial charge in [0.25, 0.3) is 0 Å². The van der Waals surface area contributed by atoms with Gasteiger partial charge in [-0.05, 0) is 6.07 Å². The van der Waals surface area contributed by atoms with E-state index in [4.69, 9.17) is 4.74 Å². The molecular formula is C10H8FNO2. The van der Waals surface area contributed by atoms with Gasteiger partial charge in [-0.2, -0.15) is 4.99 Å². The molecule has 1 aromatic carbocycles. The second-order valence-electron chi connectivity index (χ2n) is 3.03. The monoisotopic (exact) mass is 193 g/mol. The number of rotatable bonds is 1. The maximum Gasteiger partial charge on any atom is 0.235 e. The summed E-state index contributed by atoms with van der Waals surface area (Å²) in [6, 6.07) is 4.30. The summed E-state index contributed by atoms with van der Waals surface area (Å²) in [6.45, 7) is 0.379. The predicted octanol–water partition coefficient (Wildman–Crippen LogP) is 1.99. The molecular weight excluding hydrogens is 185 g/mol. The first-order valence-corrected chi connectivity index (χ1v) is 4.31. The van der Waals surface area contributed by atoms with Crippen molar-refractivity contribution in [3.8, 4) is 5.75 Å². The van der Waals surface area contributed by atoms with Crippen molar-refractivity contribution in [2.75, 3.05) is 6.61 Å². The van der Waals surface area contributed by atoms with E-state index in [1.54, 1.807) is 12.1 Å². The summed E-state index contributed by atoms with van der Waals surface area (Å²) in [5.74, 6) is -0.198. The van der Waals surface area contributed by atoms with Gasteiger partial charge in [-0.25, -0.2) is 9.18 Å². The molecule has 0 bridgehead atoms. The van der Waals surface area contributed by atoms with Gasteiger partial charge in [0.2, 0.25) is 6.08 Å². The molecule has 0 saturated heterocycles. The van der Waals surface area contributed by atoms with Crippen molar-refractivity contribution < 1.29 is 13.9 Å². The highest BCUT2D eigenvalue weighted by Gasteiger charge is 2.23. The molecule has 4 heteroatoms. The molecule has 0 aliphatic carbocycles. The topological polar surface area (TPSA) is 38.7 Å². The summed E-state index contributed by atoms with van der Waals surface area (Å²) < 4.78 is 18.4. The molecule has 2 rings (SSSR count). The smallest absolute Gasteiger partial charge is 0.235 e. The average Bonchev–Trinajstić information content (AvgIpc) is 2.20. The molecule has 0 radical (unpaired) electrons. The van der Waals surface area contributed by atoms with Crippen LogP contribution in [0.4, 0.5) is 4.39 Å². The molecule has 0 fully saturated rings. The first-order chi connectivity index (χ1) is 6.83. The van der Waals surface area contributed by atoms with Crippen LogP contribution in [0.15, 0.2) is 23.2 Å². The summed E-state index contributed by atoms with van der Waals surface area (Å²) in [7, 11) is 0. The van der Waals surface area contributed by atoms with E-state index in [2.05, 4.69) is 4.99 Å². The third kappa shape index (κ3) is 1.40. The zero-order valence-corrected chi connectivity index (χ0v) is 7.37. The molecule has 1 heterocycles. The number of isocyanates is 1. The molecule has 0 N–H and O–H groups in total. The van der Waals surface area contributed by atoms with Gasteiger partial charge < -0.3 is 4.74 Å². The summed E-state index contributed by atoms with van der Waals surface area (Å²) in [5, 5.41) is 0. The number of aliphatic imine (C=N–C) groups is 1. The summed E-state index contributed by atoms with van der Waals surface area (Å²) in [5.41, 5.74) is 0.625. The Bertz CT molecular complexity index is 399. The molecule has 72 valence electrons. The van der Waals surface area contributed by atoms with Crippen LogP contribution in [0.5, 0.6) is 5.75 Å². The fraction of sp³-hybridized carbons (Fsp3) is 0.300. The molecule has 0 saturated carbocycles. The predicted molar refractivity (Wildman–Crippen MR) is 47.4 cm³/mol. The first kappa shape index (κ1) is 8.91. The van der Waals surface area contributed by atoms with Gasteiger partial charge in [0.05, 0.1) is 12.6 Å². The Balaban J connectivity index is 2.49. The Labute approximate surface area is 80.2 Å². The van der Waals surface area contributed by atoms with Crippen LogP contribution in [0.2, 0.25) is 0 Å². The Hall–Kier alpha value is -1.67. The number of carbonyl (C=O) groups excluding carboxylic acids is 1. The van der Waals surface area contributed by atoms with Crippen molar-refractivity contribution >= 4 is 6.08 Å². The van der Waals surface area contributed by atoms with Gasteiger partial charge in [-0.15, -0.1) is 0 Å². The lowest BCUT2D eigenvalue weighted by Crippen LogP contribution is -2.13. The zero-order chi connectivity index (χ0) is 9.97. The summed E-state index contributed by atoms with van der Waals surface area (Å²) >= 11 is 0. The van der Waals surface area contributed by atoms with Crippen LogP contribution in [-0.4, -0.2) is 12.7 Å². The third-order valence-electron chi connectivity index (χ3n) is 2.20. The van der Waals surface area contributed by atoms with Crippen molar-refractivity contribution in [1.82, 2.24) is 0 Å². The largest absolute Gasteiger partial charge is 0.490 e. The molecule has 0 spiro atoms. The van der Waals surface area contributed by atoms with Crippen LogP contribution in [0.25, 0.3) is 0 Å². The van der Waals surface area contributed by atoms with Gasteiger partial charge in [0.1, 0.15) is 0 Å². The number of para-hydroxylation sites is 1. The quantitative estimate of drug-likeness (QED) is 0.505. The van der Waals surface area contributed by atoms with Crippen LogP contribution in [-0.2, 0) is 4.79 Å². The normalized spacial score (nSPS) is 19.1. The van der Waals surface area contributed by atoms with Gasteiger partial charge in [0, 0.05) is 12.0 Å². The Morgan fingerprint density at radius 1 is 1.57 bits per heavy atom. The van der Waals surface area contributed by atoms with Crippen molar-refractivity contribution in [1.29, 1.82) is 0 Å². The second-order valence-corrected chi connectivity index (χ2v) is 3.03. The number of fused-ring (bicyclic) bond motifs is 1. The van der Waals surface area contributed by atoms with E-state index in [0.717, 1.165) is 0 Å². The van der Waals surface area contributed by atoms with E-state index in [1.807, 2.05) is 0 Å². The first-order valence-electron chi connectivity index (χ1n) is 4.31. The Morgan fingerprint density at radius 3 is 3.21 bits per heavy atom. The second kappa shape index (κ2) is 3.60. The van der Waals surface area contributed by atoms with E-state index in [-0.39, 0.29) is 11.8 Å². The maximum absolute atomic E-state index is 13.2. The molecule has 0 aromatic heterocycles. The lowest BCUT2D eigenvalue weighted by Gasteiger charge is -2.22. The molecule has 1 aliphatic heterocycles. The van der Waals surface area contributed by atoms with Gasteiger partial charge in [-0.1, -0.05) is 12.1 Å². The lowest BCUT2D eigenvalue weighted by atomic mass is 10.0. The molecule has 3 nitrogen and oxygen atoms in total. The Morgan fingerprint density at radius 2 is 2.43 bits per heavy atom. The number of benzene rings is 1. The van der Waals surface area contributed by atoms with E-state index < -0.39 is 5.82 Å². The number of ether oxygens (including phenoxy) is 1. The standard InChI is InChI=1S/C10H8FNO2/c11-8-3-1-2-7-9(12-6-13)4-5-14-10(7)8/h1-3,9H,4-5H2/t9-/m0/s1. The molecule has 1 atom stereocenters. The SMILES string of the molecule is O=C=N[C@H]1CCOc2c(F)cccc21. The lowest BCUT2D eigenvalue weighted by molar-refractivity contribution is 0.256. The molecule has 1 aliphatic rings. The van der Waals surface area contributed by atoms with Crippen molar-refractivity contribution in [2.45, 2.75) is 12.5 Å². The minimum absolute atomic E-state index is 0.211. The molecule has 1 aromatic rings. The van der Waals surface area contributed by atoms with Crippen molar-refractivity contribution in [2.24, 2.45) is 4.99 Å². The minimum Gasteiger partial charge on any atom is -0.490 e. The highest BCUT2D eigenvalue weighted by molar-refractivity contribution is 5.42. The van der Waals surface area contributed by atoms with Crippen LogP contribution in [0, 0.1) is 5.82 Å². The average molecular weight is 193 g/mol. The molecule has 14 heavy (non-hydrogen) atoms. The van der Waals surface area contributed by atoms with Crippen molar-refractivity contribution in [3.63, 3.8) is 0 Å². The number of halogens is 1. The third-order valence-corrected chi connectivity index (χ3v) is 2.20. The zero-order valence-electron chi connectivity index (χ0n) is 7.37. The summed E-state index contributed by atoms with van der Waals surface area (Å²) in [6.07, 6.45) is 2.08. The number of hydrogen-bond donors (Lipinski definition) is 0. The molecule has 0 amide bonds. The van der Waals surface area contributed by atoms with E-state index in [9.17, 15) is 9.18 Å². The fourth-order valence-electron chi connectivity index (χ4n) is 1.57. The van der Waals surface area contributed by atoms with E-state index in [1.165, 1.54) is 12.1 Å². The fourth-order valence-corrected chi connectivity index (χ4v) is 1.57. The van der Waals surface area contributed by atoms with Gasteiger partial charge in [-0.3, -0.25) is 0 Å². The summed E-state index contributed by atoms with van der Waals surface area (Å²) in [4.78, 5) is 13.8. The van der Waals surface area contributed by atoms with Crippen LogP contribution < -0.4 is 4.74 Å². The minimum atomic E-state index is -0.409. The van der Waals surface area contributed by atoms with Gasteiger partial charge >= 0.3 is 0 Å². The highest BCUT2D eigenvalue weighted by Crippen LogP contribution is 2.35. The van der Waals surface area contributed by atoms with Crippen LogP contribution in [0.1, 0.15) is 18.0 Å². The van der Waals surface area contributed by atoms with E-state index in [0.29, 0.717) is 18.6 Å². The number of nitrogens with zero attached hydrogens (tertiary/aromatic N) is 1.